The van der Waals surface area contributed by atoms with Gasteiger partial charge in [-0.05, 0) is 22.9 Å². The predicted molar refractivity (Wildman–Crippen MR) is 124 cm³/mol. The number of aliphatic hydroxyl groups excluding tert-OH is 1. The molecule has 0 spiro atoms. The Kier molecular flexibility index (Phi) is 5.50. The van der Waals surface area contributed by atoms with Gasteiger partial charge in [-0.15, -0.1) is 0 Å². The quantitative estimate of drug-likeness (QED) is 0.533. The van der Waals surface area contributed by atoms with Crippen LogP contribution in [0.1, 0.15) is 48.0 Å². The van der Waals surface area contributed by atoms with Crippen molar-refractivity contribution in [1.29, 1.82) is 0 Å². The van der Waals surface area contributed by atoms with Crippen LogP contribution in [0.4, 0.5) is 0 Å². The fraction of sp³-hybridized carbons (Fsp3) is 0.462. The molecular weight excluding hydrogens is 356 g/mol. The third kappa shape index (κ3) is 3.65. The van der Waals surface area contributed by atoms with Crippen LogP contribution >= 0.6 is 0 Å². The number of benzene rings is 2. The summed E-state index contributed by atoms with van der Waals surface area (Å²) < 4.78 is 0. The smallest absolute Gasteiger partial charge is 0.127 e. The van der Waals surface area contributed by atoms with Crippen molar-refractivity contribution in [2.24, 2.45) is 10.8 Å². The first-order valence-corrected chi connectivity index (χ1v) is 12.7. The second-order valence-corrected chi connectivity index (χ2v) is 15.4. The van der Waals surface area contributed by atoms with E-state index in [1.807, 2.05) is 0 Å². The summed E-state index contributed by atoms with van der Waals surface area (Å²) in [6, 6.07) is 23.5. The molecule has 0 heterocycles. The molecule has 0 fully saturated rings. The molecule has 2 aromatic rings. The Morgan fingerprint density at radius 2 is 1.32 bits per heavy atom. The van der Waals surface area contributed by atoms with Crippen LogP contribution in [-0.2, 0) is 0 Å². The number of allylic oxidation sites excluding steroid dienone is 1. The maximum Gasteiger partial charge on any atom is 0.127 e. The Hall–Kier alpha value is -1.64. The minimum absolute atomic E-state index is 0.107. The molecule has 1 nitrogen and oxygen atoms in total. The third-order valence-electron chi connectivity index (χ3n) is 6.87. The maximum absolute atomic E-state index is 10.0. The molecular formula is C26H36OSi. The van der Waals surface area contributed by atoms with Gasteiger partial charge in [0.2, 0.25) is 0 Å². The molecule has 0 amide bonds. The molecule has 0 radical (unpaired) electrons. The van der Waals surface area contributed by atoms with E-state index in [1.54, 1.807) is 0 Å². The van der Waals surface area contributed by atoms with Crippen LogP contribution in [0.3, 0.4) is 0 Å². The number of hydrogen-bond acceptors (Lipinski definition) is 1. The lowest BCUT2D eigenvalue weighted by molar-refractivity contribution is 0.159. The topological polar surface area (TPSA) is 20.2 Å². The molecule has 2 aromatic carbocycles. The highest BCUT2D eigenvalue weighted by molar-refractivity contribution is 7.04. The minimum atomic E-state index is -2.13. The van der Waals surface area contributed by atoms with E-state index in [9.17, 15) is 5.11 Å². The number of rotatable bonds is 5. The Morgan fingerprint density at radius 1 is 0.857 bits per heavy atom. The molecule has 28 heavy (non-hydrogen) atoms. The SMILES string of the molecule is CC1(CO)C=C(C[Si](c2ccccc2)(c2ccccc2)C(C)(C)C)C(C)(C)C1. The molecule has 0 saturated heterocycles. The van der Waals surface area contributed by atoms with Crippen molar-refractivity contribution >= 4 is 18.4 Å². The monoisotopic (exact) mass is 392 g/mol. The normalized spacial score (nSPS) is 22.2. The lowest BCUT2D eigenvalue weighted by atomic mass is 9.80. The van der Waals surface area contributed by atoms with Crippen LogP contribution in [0.25, 0.3) is 0 Å². The van der Waals surface area contributed by atoms with E-state index in [0.29, 0.717) is 0 Å². The second kappa shape index (κ2) is 7.31. The minimum Gasteiger partial charge on any atom is -0.395 e. The van der Waals surface area contributed by atoms with E-state index >= 15 is 0 Å². The zero-order valence-electron chi connectivity index (χ0n) is 18.4. The fourth-order valence-corrected chi connectivity index (χ4v) is 11.1. The van der Waals surface area contributed by atoms with Gasteiger partial charge in [0.25, 0.3) is 0 Å². The molecule has 1 N–H and O–H groups in total. The van der Waals surface area contributed by atoms with E-state index < -0.39 is 8.07 Å². The van der Waals surface area contributed by atoms with Gasteiger partial charge in [0.15, 0.2) is 0 Å². The molecule has 3 rings (SSSR count). The summed E-state index contributed by atoms with van der Waals surface area (Å²) in [5.74, 6) is 0. The van der Waals surface area contributed by atoms with Gasteiger partial charge in [0.1, 0.15) is 8.07 Å². The zero-order valence-corrected chi connectivity index (χ0v) is 19.4. The lowest BCUT2D eigenvalue weighted by Crippen LogP contribution is -2.64. The molecule has 1 aliphatic rings. The average molecular weight is 393 g/mol. The summed E-state index contributed by atoms with van der Waals surface area (Å²) >= 11 is 0. The van der Waals surface area contributed by atoms with Crippen LogP contribution in [0.5, 0.6) is 0 Å². The summed E-state index contributed by atoms with van der Waals surface area (Å²) in [5, 5.41) is 13.2. The molecule has 150 valence electrons. The summed E-state index contributed by atoms with van der Waals surface area (Å²) in [6.45, 7) is 14.4. The van der Waals surface area contributed by atoms with Crippen molar-refractivity contribution in [3.8, 4) is 0 Å². The third-order valence-corrected chi connectivity index (χ3v) is 13.0. The molecule has 0 aromatic heterocycles. The van der Waals surface area contributed by atoms with Crippen LogP contribution < -0.4 is 10.4 Å². The van der Waals surface area contributed by atoms with Gasteiger partial charge in [-0.1, -0.05) is 124 Å². The number of aliphatic hydroxyl groups is 1. The Morgan fingerprint density at radius 3 is 1.68 bits per heavy atom. The van der Waals surface area contributed by atoms with Crippen LogP contribution in [0.2, 0.25) is 11.1 Å². The van der Waals surface area contributed by atoms with E-state index in [0.717, 1.165) is 12.5 Å². The Labute approximate surface area is 172 Å². The molecule has 0 bridgehead atoms. The first-order chi connectivity index (χ1) is 13.0. The van der Waals surface area contributed by atoms with Crippen molar-refractivity contribution in [2.45, 2.75) is 59.0 Å². The van der Waals surface area contributed by atoms with Crippen molar-refractivity contribution < 1.29 is 5.11 Å². The van der Waals surface area contributed by atoms with Gasteiger partial charge in [-0.3, -0.25) is 0 Å². The second-order valence-electron chi connectivity index (χ2n) is 10.6. The molecule has 0 saturated carbocycles. The molecule has 0 aliphatic heterocycles. The standard InChI is InChI=1S/C26H36OSi/c1-24(2,3)28(22-13-9-7-10-14-22,23-15-11-8-12-16-23)18-21-17-26(6,20-27)19-25(21,4)5/h7-17,27H,18-20H2,1-6H3. The highest BCUT2D eigenvalue weighted by Gasteiger charge is 2.51. The lowest BCUT2D eigenvalue weighted by Gasteiger charge is -2.46. The van der Waals surface area contributed by atoms with Crippen molar-refractivity contribution in [3.63, 3.8) is 0 Å². The van der Waals surface area contributed by atoms with E-state index in [2.05, 4.69) is 108 Å². The Balaban J connectivity index is 2.24. The first kappa shape index (κ1) is 21.1. The first-order valence-electron chi connectivity index (χ1n) is 10.5. The highest BCUT2D eigenvalue weighted by atomic mass is 28.3. The molecule has 2 heteroatoms. The zero-order chi connectivity index (χ0) is 20.6. The van der Waals surface area contributed by atoms with Crippen LogP contribution in [0.15, 0.2) is 72.3 Å². The van der Waals surface area contributed by atoms with Crippen molar-refractivity contribution in [2.75, 3.05) is 6.61 Å². The van der Waals surface area contributed by atoms with E-state index in [-0.39, 0.29) is 22.5 Å². The van der Waals surface area contributed by atoms with Gasteiger partial charge < -0.3 is 5.11 Å². The average Bonchev–Trinajstić information content (AvgIpc) is 2.89. The van der Waals surface area contributed by atoms with Gasteiger partial charge in [-0.2, -0.15) is 0 Å². The molecule has 1 atom stereocenters. The highest BCUT2D eigenvalue weighted by Crippen LogP contribution is 2.52. The van der Waals surface area contributed by atoms with E-state index in [1.165, 1.54) is 15.9 Å². The summed E-state index contributed by atoms with van der Waals surface area (Å²) in [5.41, 5.74) is 1.53. The maximum atomic E-state index is 10.0. The van der Waals surface area contributed by atoms with E-state index in [4.69, 9.17) is 0 Å². The van der Waals surface area contributed by atoms with Crippen molar-refractivity contribution in [1.82, 2.24) is 0 Å². The predicted octanol–water partition coefficient (Wildman–Crippen LogP) is 5.40. The summed E-state index contributed by atoms with van der Waals surface area (Å²) in [7, 11) is -2.13. The summed E-state index contributed by atoms with van der Waals surface area (Å²) in [4.78, 5) is 0. The largest absolute Gasteiger partial charge is 0.395 e. The molecule has 1 unspecified atom stereocenters. The summed E-state index contributed by atoms with van der Waals surface area (Å²) in [6.07, 6.45) is 3.43. The number of hydrogen-bond donors (Lipinski definition) is 1. The fourth-order valence-electron chi connectivity index (χ4n) is 5.42. The van der Waals surface area contributed by atoms with Crippen LogP contribution in [0, 0.1) is 10.8 Å². The van der Waals surface area contributed by atoms with Gasteiger partial charge in [0, 0.05) is 5.41 Å². The molecule has 1 aliphatic carbocycles. The van der Waals surface area contributed by atoms with Gasteiger partial charge in [-0.25, -0.2) is 0 Å². The van der Waals surface area contributed by atoms with Crippen LogP contribution in [-0.4, -0.2) is 19.8 Å². The van der Waals surface area contributed by atoms with Gasteiger partial charge in [0.05, 0.1) is 6.61 Å². The van der Waals surface area contributed by atoms with Crippen molar-refractivity contribution in [3.05, 3.63) is 72.3 Å². The Bertz CT molecular complexity index is 790. The van der Waals surface area contributed by atoms with Gasteiger partial charge >= 0.3 is 0 Å².